The largest absolute Gasteiger partial charge is 1.00 e. The van der Waals surface area contributed by atoms with E-state index in [1.165, 1.54) is 57.8 Å². The fourth-order valence-corrected chi connectivity index (χ4v) is 2.83. The first-order valence-corrected chi connectivity index (χ1v) is 10.7. The standard InChI is InChI=1S/C22H41N3O3.Na/c1-3-4-5-6-7-8-9-10-11-12-13-14-15-16-17-18-20(26)24-22(23)25(2)19-21(27)28;/h13-14H,3-12,15-19H2,1-2H3,(H,27,28)(H2,23,24,26);/q;+1/p-1/b14-13-;/i2D3;. The summed E-state index contributed by atoms with van der Waals surface area (Å²) in [4.78, 5) is 22.8. The molecule has 0 aliphatic carbocycles. The summed E-state index contributed by atoms with van der Waals surface area (Å²) in [6.07, 6.45) is 19.7. The van der Waals surface area contributed by atoms with Crippen LogP contribution >= 0.6 is 0 Å². The summed E-state index contributed by atoms with van der Waals surface area (Å²) >= 11 is 0. The van der Waals surface area contributed by atoms with Crippen LogP contribution in [-0.2, 0) is 9.59 Å². The quantitative estimate of drug-likeness (QED) is 0.119. The molecule has 0 radical (unpaired) electrons. The van der Waals surface area contributed by atoms with E-state index in [0.717, 1.165) is 19.3 Å². The molecule has 0 spiro atoms. The van der Waals surface area contributed by atoms with E-state index in [0.29, 0.717) is 11.3 Å². The zero-order chi connectivity index (χ0) is 23.5. The molecule has 0 aromatic heterocycles. The minimum absolute atomic E-state index is 0. The Morgan fingerprint density at radius 1 is 0.966 bits per heavy atom. The van der Waals surface area contributed by atoms with Crippen LogP contribution in [0.5, 0.6) is 0 Å². The van der Waals surface area contributed by atoms with Crippen molar-refractivity contribution in [3.05, 3.63) is 12.2 Å². The number of carbonyl (C=O) groups is 2. The third kappa shape index (κ3) is 21.7. The number of unbranched alkanes of at least 4 members (excludes halogenated alkanes) is 11. The van der Waals surface area contributed by atoms with Crippen LogP contribution in [0.4, 0.5) is 0 Å². The normalized spacial score (nSPS) is 12.5. The molecule has 7 heteroatoms. The van der Waals surface area contributed by atoms with Crippen molar-refractivity contribution in [2.24, 2.45) is 0 Å². The molecule has 6 nitrogen and oxygen atoms in total. The van der Waals surface area contributed by atoms with Crippen LogP contribution in [0.1, 0.15) is 101 Å². The second-order valence-electron chi connectivity index (χ2n) is 7.19. The van der Waals surface area contributed by atoms with Gasteiger partial charge in [0.15, 0.2) is 5.96 Å². The van der Waals surface area contributed by atoms with Gasteiger partial charge in [-0.15, -0.1) is 0 Å². The molecular formula is C22H40N3NaO3. The molecule has 2 N–H and O–H groups in total. The molecule has 0 fully saturated rings. The Balaban J connectivity index is 0. The van der Waals surface area contributed by atoms with Crippen LogP contribution in [0.25, 0.3) is 0 Å². The zero-order valence-electron chi connectivity index (χ0n) is 21.4. The molecule has 0 aliphatic heterocycles. The monoisotopic (exact) mass is 420 g/mol. The minimum Gasteiger partial charge on any atom is -0.548 e. The van der Waals surface area contributed by atoms with Crippen LogP contribution in [0, 0.1) is 5.41 Å². The molecule has 162 valence electrons. The van der Waals surface area contributed by atoms with E-state index in [4.69, 9.17) is 9.52 Å². The number of guanidine groups is 1. The van der Waals surface area contributed by atoms with E-state index in [1.807, 2.05) is 0 Å². The van der Waals surface area contributed by atoms with Crippen molar-refractivity contribution >= 4 is 17.8 Å². The summed E-state index contributed by atoms with van der Waals surface area (Å²) in [5.41, 5.74) is 0. The molecule has 1 amide bonds. The van der Waals surface area contributed by atoms with Gasteiger partial charge in [0.05, 0.1) is 12.5 Å². The summed E-state index contributed by atoms with van der Waals surface area (Å²) in [7, 11) is 0. The van der Waals surface area contributed by atoms with Crippen LogP contribution < -0.4 is 40.0 Å². The maximum atomic E-state index is 11.9. The van der Waals surface area contributed by atoms with Gasteiger partial charge < -0.3 is 14.8 Å². The Kier molecular flexibility index (Phi) is 18.4. The van der Waals surface area contributed by atoms with Crippen LogP contribution in [0.15, 0.2) is 12.2 Å². The fraction of sp³-hybridized carbons (Fsp3) is 0.773. The van der Waals surface area contributed by atoms with Gasteiger partial charge in [0, 0.05) is 17.5 Å². The van der Waals surface area contributed by atoms with Crippen LogP contribution in [0.2, 0.25) is 0 Å². The molecule has 0 aromatic rings. The van der Waals surface area contributed by atoms with Crippen molar-refractivity contribution in [1.82, 2.24) is 10.2 Å². The van der Waals surface area contributed by atoms with E-state index >= 15 is 0 Å². The maximum absolute atomic E-state index is 11.9. The van der Waals surface area contributed by atoms with Crippen molar-refractivity contribution in [2.75, 3.05) is 13.5 Å². The number of likely N-dealkylation sites (N-methyl/N-ethyl adjacent to an activating group) is 1. The number of aliphatic carboxylic acids is 1. The molecule has 0 saturated carbocycles. The number of carboxylic acids is 1. The molecule has 29 heavy (non-hydrogen) atoms. The molecule has 0 aliphatic rings. The van der Waals surface area contributed by atoms with Gasteiger partial charge >= 0.3 is 29.6 Å². The van der Waals surface area contributed by atoms with Gasteiger partial charge in [-0.1, -0.05) is 70.4 Å². The fourth-order valence-electron chi connectivity index (χ4n) is 2.83. The predicted molar refractivity (Wildman–Crippen MR) is 113 cm³/mol. The summed E-state index contributed by atoms with van der Waals surface area (Å²) in [5.74, 6) is -2.89. The van der Waals surface area contributed by atoms with Gasteiger partial charge in [0.25, 0.3) is 0 Å². The first-order valence-electron chi connectivity index (χ1n) is 12.2. The second-order valence-corrected chi connectivity index (χ2v) is 7.19. The van der Waals surface area contributed by atoms with Crippen LogP contribution in [0.3, 0.4) is 0 Å². The van der Waals surface area contributed by atoms with Crippen molar-refractivity contribution in [3.8, 4) is 0 Å². The third-order valence-corrected chi connectivity index (χ3v) is 4.48. The van der Waals surface area contributed by atoms with Crippen molar-refractivity contribution < 1.29 is 48.4 Å². The Hall–Kier alpha value is -0.850. The van der Waals surface area contributed by atoms with Gasteiger partial charge in [0.1, 0.15) is 0 Å². The van der Waals surface area contributed by atoms with Gasteiger partial charge in [-0.25, -0.2) is 0 Å². The first-order chi connectivity index (χ1) is 14.7. The van der Waals surface area contributed by atoms with Gasteiger partial charge in [0.2, 0.25) is 5.91 Å². The predicted octanol–water partition coefficient (Wildman–Crippen LogP) is 0.761. The molecule has 0 rings (SSSR count). The maximum Gasteiger partial charge on any atom is 1.00 e. The Labute approximate surface area is 203 Å². The number of hydrogen-bond acceptors (Lipinski definition) is 4. The van der Waals surface area contributed by atoms with Crippen LogP contribution in [-0.4, -0.2) is 36.3 Å². The molecule has 0 aromatic carbocycles. The number of carboxylic acid groups (broad SMARTS) is 1. The van der Waals surface area contributed by atoms with E-state index < -0.39 is 31.4 Å². The summed E-state index contributed by atoms with van der Waals surface area (Å²) in [6, 6.07) is 0. The molecule has 0 unspecified atom stereocenters. The first kappa shape index (κ1) is 24.4. The zero-order valence-corrected chi connectivity index (χ0v) is 20.4. The number of carbonyl (C=O) groups excluding carboxylic acids is 2. The smallest absolute Gasteiger partial charge is 0.548 e. The number of nitrogens with one attached hydrogen (secondary N) is 2. The van der Waals surface area contributed by atoms with Crippen molar-refractivity contribution in [1.29, 1.82) is 5.41 Å². The molecular weight excluding hydrogens is 377 g/mol. The summed E-state index contributed by atoms with van der Waals surface area (Å²) < 4.78 is 21.8. The Morgan fingerprint density at radius 3 is 2.00 bits per heavy atom. The third-order valence-electron chi connectivity index (χ3n) is 4.48. The molecule has 0 bridgehead atoms. The number of rotatable bonds is 17. The van der Waals surface area contributed by atoms with E-state index in [-0.39, 0.29) is 36.0 Å². The summed E-state index contributed by atoms with van der Waals surface area (Å²) in [6.45, 7) is -1.59. The average molecular weight is 421 g/mol. The van der Waals surface area contributed by atoms with Gasteiger partial charge in [-0.3, -0.25) is 15.5 Å². The van der Waals surface area contributed by atoms with E-state index in [9.17, 15) is 14.7 Å². The Morgan fingerprint density at radius 2 is 1.48 bits per heavy atom. The minimum atomic E-state index is -2.84. The van der Waals surface area contributed by atoms with E-state index in [1.54, 1.807) is 0 Å². The number of allylic oxidation sites excluding steroid dienone is 2. The number of amides is 1. The molecule has 0 saturated heterocycles. The number of nitrogens with zero attached hydrogens (tertiary/aromatic N) is 1. The van der Waals surface area contributed by atoms with Gasteiger partial charge in [-0.2, -0.15) is 0 Å². The summed E-state index contributed by atoms with van der Waals surface area (Å²) in [5, 5.41) is 20.4. The number of hydrogen-bond donors (Lipinski definition) is 2. The topological polar surface area (TPSA) is 96.3 Å². The van der Waals surface area contributed by atoms with Crippen molar-refractivity contribution in [2.45, 2.75) is 96.8 Å². The SMILES string of the molecule is [2H]C([2H])([2H])N(CC(=O)[O-])C(=N)NC(=O)CCCC/C=C\CCCCCCCCCCC.[Na+]. The molecule has 0 heterocycles. The second kappa shape index (κ2) is 21.8. The van der Waals surface area contributed by atoms with Crippen molar-refractivity contribution in [3.63, 3.8) is 0 Å². The van der Waals surface area contributed by atoms with Gasteiger partial charge in [-0.05, 0) is 32.1 Å². The Bertz CT molecular complexity index is 558. The average Bonchev–Trinajstić information content (AvgIpc) is 2.68. The van der Waals surface area contributed by atoms with E-state index in [2.05, 4.69) is 24.4 Å². The molecule has 0 atom stereocenters.